The number of methoxy groups -OCH3 is 1. The highest BCUT2D eigenvalue weighted by Crippen LogP contribution is 2.19. The standard InChI is InChI=1S/C12H20N2O3/c1-5-6-14-8-10(7-13-14)17-9-12(2,3)11(15)16-4/h7-8H,5-6,9H2,1-4H3. The molecule has 0 bridgehead atoms. The first kappa shape index (κ1) is 13.5. The number of ether oxygens (including phenoxy) is 2. The Labute approximate surface area is 102 Å². The zero-order valence-electron chi connectivity index (χ0n) is 10.9. The molecule has 0 aliphatic carbocycles. The maximum atomic E-state index is 11.4. The highest BCUT2D eigenvalue weighted by atomic mass is 16.5. The number of esters is 1. The molecular formula is C12H20N2O3. The molecule has 0 saturated carbocycles. The molecule has 5 heteroatoms. The van der Waals surface area contributed by atoms with E-state index < -0.39 is 5.41 Å². The third-order valence-electron chi connectivity index (χ3n) is 2.40. The molecule has 1 aromatic rings. The number of aromatic nitrogens is 2. The number of hydrogen-bond donors (Lipinski definition) is 0. The lowest BCUT2D eigenvalue weighted by Crippen LogP contribution is -2.32. The van der Waals surface area contributed by atoms with Crippen LogP contribution in [0, 0.1) is 5.41 Å². The molecule has 0 atom stereocenters. The van der Waals surface area contributed by atoms with E-state index >= 15 is 0 Å². The molecule has 0 amide bonds. The second-order valence-corrected chi connectivity index (χ2v) is 4.60. The van der Waals surface area contributed by atoms with Gasteiger partial charge in [0.1, 0.15) is 6.61 Å². The number of carbonyl (C=O) groups excluding carboxylic acids is 1. The van der Waals surface area contributed by atoms with Crippen LogP contribution in [0.15, 0.2) is 12.4 Å². The average Bonchev–Trinajstić information content (AvgIpc) is 2.74. The van der Waals surface area contributed by atoms with Crippen LogP contribution in [0.2, 0.25) is 0 Å². The van der Waals surface area contributed by atoms with Gasteiger partial charge in [-0.2, -0.15) is 5.10 Å². The van der Waals surface area contributed by atoms with Crippen LogP contribution in [0.5, 0.6) is 5.75 Å². The molecule has 0 N–H and O–H groups in total. The second-order valence-electron chi connectivity index (χ2n) is 4.60. The van der Waals surface area contributed by atoms with Gasteiger partial charge in [-0.3, -0.25) is 9.48 Å². The predicted molar refractivity (Wildman–Crippen MR) is 63.8 cm³/mol. The van der Waals surface area contributed by atoms with Crippen LogP contribution in [0.3, 0.4) is 0 Å². The van der Waals surface area contributed by atoms with Crippen molar-refractivity contribution in [3.05, 3.63) is 12.4 Å². The normalized spacial score (nSPS) is 11.3. The summed E-state index contributed by atoms with van der Waals surface area (Å²) in [6, 6.07) is 0. The van der Waals surface area contributed by atoms with Crippen molar-refractivity contribution in [2.45, 2.75) is 33.7 Å². The molecule has 0 saturated heterocycles. The first-order valence-electron chi connectivity index (χ1n) is 5.73. The Bertz CT molecular complexity index is 372. The van der Waals surface area contributed by atoms with E-state index in [4.69, 9.17) is 9.47 Å². The molecular weight excluding hydrogens is 220 g/mol. The molecule has 0 aliphatic rings. The van der Waals surface area contributed by atoms with Crippen molar-refractivity contribution in [2.24, 2.45) is 5.41 Å². The van der Waals surface area contributed by atoms with Crippen molar-refractivity contribution in [2.75, 3.05) is 13.7 Å². The van der Waals surface area contributed by atoms with Crippen molar-refractivity contribution >= 4 is 5.97 Å². The number of nitrogens with zero attached hydrogens (tertiary/aromatic N) is 2. The molecule has 1 aromatic heterocycles. The van der Waals surface area contributed by atoms with Crippen LogP contribution >= 0.6 is 0 Å². The first-order chi connectivity index (χ1) is 7.99. The van der Waals surface area contributed by atoms with E-state index in [1.54, 1.807) is 20.0 Å². The van der Waals surface area contributed by atoms with Gasteiger partial charge in [0.05, 0.1) is 24.9 Å². The van der Waals surface area contributed by atoms with Crippen LogP contribution in [0.4, 0.5) is 0 Å². The Kier molecular flexibility index (Phi) is 4.54. The third kappa shape index (κ3) is 3.76. The Morgan fingerprint density at radius 3 is 2.82 bits per heavy atom. The van der Waals surface area contributed by atoms with Crippen LogP contribution in [-0.4, -0.2) is 29.5 Å². The SMILES string of the molecule is CCCn1cc(OCC(C)(C)C(=O)OC)cn1. The fraction of sp³-hybridized carbons (Fsp3) is 0.667. The lowest BCUT2D eigenvalue weighted by Gasteiger charge is -2.20. The van der Waals surface area contributed by atoms with Gasteiger partial charge in [0.2, 0.25) is 0 Å². The number of carbonyl (C=O) groups is 1. The lowest BCUT2D eigenvalue weighted by molar-refractivity contribution is -0.152. The number of aryl methyl sites for hydroxylation is 1. The summed E-state index contributed by atoms with van der Waals surface area (Å²) < 4.78 is 12.1. The average molecular weight is 240 g/mol. The number of rotatable bonds is 6. The van der Waals surface area contributed by atoms with E-state index in [1.165, 1.54) is 7.11 Å². The summed E-state index contributed by atoms with van der Waals surface area (Å²) in [5.41, 5.74) is -0.651. The molecule has 96 valence electrons. The van der Waals surface area contributed by atoms with Gasteiger partial charge in [-0.25, -0.2) is 0 Å². The minimum absolute atomic E-state index is 0.275. The Hall–Kier alpha value is -1.52. The summed E-state index contributed by atoms with van der Waals surface area (Å²) in [4.78, 5) is 11.4. The largest absolute Gasteiger partial charge is 0.489 e. The zero-order chi connectivity index (χ0) is 12.9. The highest BCUT2D eigenvalue weighted by molar-refractivity contribution is 5.75. The van der Waals surface area contributed by atoms with Crippen LogP contribution in [0.25, 0.3) is 0 Å². The maximum absolute atomic E-state index is 11.4. The molecule has 17 heavy (non-hydrogen) atoms. The van der Waals surface area contributed by atoms with Gasteiger partial charge >= 0.3 is 5.97 Å². The van der Waals surface area contributed by atoms with E-state index in [1.807, 2.05) is 10.9 Å². The second kappa shape index (κ2) is 5.70. The Balaban J connectivity index is 2.51. The van der Waals surface area contributed by atoms with Crippen LogP contribution in [-0.2, 0) is 16.1 Å². The molecule has 0 aliphatic heterocycles. The fourth-order valence-electron chi connectivity index (χ4n) is 1.37. The Morgan fingerprint density at radius 2 is 2.24 bits per heavy atom. The van der Waals surface area contributed by atoms with E-state index in [0.717, 1.165) is 13.0 Å². The van der Waals surface area contributed by atoms with Crippen LogP contribution in [0.1, 0.15) is 27.2 Å². The summed E-state index contributed by atoms with van der Waals surface area (Å²) in [6.45, 7) is 6.80. The van der Waals surface area contributed by atoms with Gasteiger partial charge in [-0.1, -0.05) is 6.92 Å². The van der Waals surface area contributed by atoms with Crippen molar-refractivity contribution in [3.8, 4) is 5.75 Å². The summed E-state index contributed by atoms with van der Waals surface area (Å²) in [7, 11) is 1.38. The van der Waals surface area contributed by atoms with E-state index in [9.17, 15) is 4.79 Å². The first-order valence-corrected chi connectivity index (χ1v) is 5.73. The summed E-state index contributed by atoms with van der Waals surface area (Å²) in [5.74, 6) is 0.397. The van der Waals surface area contributed by atoms with E-state index in [0.29, 0.717) is 5.75 Å². The molecule has 0 unspecified atom stereocenters. The third-order valence-corrected chi connectivity index (χ3v) is 2.40. The topological polar surface area (TPSA) is 53.4 Å². The quantitative estimate of drug-likeness (QED) is 0.712. The minimum Gasteiger partial charge on any atom is -0.489 e. The molecule has 0 fully saturated rings. The van der Waals surface area contributed by atoms with Gasteiger partial charge in [0.25, 0.3) is 0 Å². The monoisotopic (exact) mass is 240 g/mol. The van der Waals surface area contributed by atoms with Gasteiger partial charge in [0.15, 0.2) is 5.75 Å². The maximum Gasteiger partial charge on any atom is 0.314 e. The van der Waals surface area contributed by atoms with Crippen molar-refractivity contribution in [1.29, 1.82) is 0 Å². The van der Waals surface area contributed by atoms with Crippen molar-refractivity contribution in [1.82, 2.24) is 9.78 Å². The fourth-order valence-corrected chi connectivity index (χ4v) is 1.37. The predicted octanol–water partition coefficient (Wildman–Crippen LogP) is 1.87. The molecule has 1 rings (SSSR count). The highest BCUT2D eigenvalue weighted by Gasteiger charge is 2.29. The lowest BCUT2D eigenvalue weighted by atomic mass is 9.95. The minimum atomic E-state index is -0.651. The molecule has 0 radical (unpaired) electrons. The summed E-state index contributed by atoms with van der Waals surface area (Å²) in [5, 5.41) is 4.15. The van der Waals surface area contributed by atoms with E-state index in [-0.39, 0.29) is 12.6 Å². The summed E-state index contributed by atoms with van der Waals surface area (Å²) in [6.07, 6.45) is 4.51. The zero-order valence-corrected chi connectivity index (χ0v) is 10.9. The van der Waals surface area contributed by atoms with E-state index in [2.05, 4.69) is 12.0 Å². The number of hydrogen-bond acceptors (Lipinski definition) is 4. The van der Waals surface area contributed by atoms with Crippen molar-refractivity contribution < 1.29 is 14.3 Å². The van der Waals surface area contributed by atoms with Crippen LogP contribution < -0.4 is 4.74 Å². The van der Waals surface area contributed by atoms with Gasteiger partial charge in [-0.05, 0) is 20.3 Å². The van der Waals surface area contributed by atoms with Gasteiger partial charge in [-0.15, -0.1) is 0 Å². The Morgan fingerprint density at radius 1 is 1.53 bits per heavy atom. The summed E-state index contributed by atoms with van der Waals surface area (Å²) >= 11 is 0. The molecule has 1 heterocycles. The molecule has 0 aromatic carbocycles. The smallest absolute Gasteiger partial charge is 0.314 e. The van der Waals surface area contributed by atoms with Gasteiger partial charge in [0, 0.05) is 6.54 Å². The van der Waals surface area contributed by atoms with Gasteiger partial charge < -0.3 is 9.47 Å². The molecule has 0 spiro atoms. The van der Waals surface area contributed by atoms with Crippen molar-refractivity contribution in [3.63, 3.8) is 0 Å². The molecule has 5 nitrogen and oxygen atoms in total.